The second-order valence-electron chi connectivity index (χ2n) is 7.89. The molecule has 1 saturated heterocycles. The van der Waals surface area contributed by atoms with Crippen LogP contribution in [0.4, 0.5) is 0 Å². The predicted molar refractivity (Wildman–Crippen MR) is 115 cm³/mol. The van der Waals surface area contributed by atoms with E-state index in [1.54, 1.807) is 12.0 Å². The number of methoxy groups -OCH3 is 1. The number of ether oxygens (including phenoxy) is 1. The number of ketones is 1. The molecular formula is C20H37NO4S2. The van der Waals surface area contributed by atoms with Crippen LogP contribution in [0.15, 0.2) is 0 Å². The largest absolute Gasteiger partial charge is 0.394 e. The number of carbonyl (C=O) groups excluding carboxylic acids is 2. The molecule has 2 atom stereocenters. The smallest absolute Gasteiger partial charge is 0.222 e. The molecule has 0 aromatic carbocycles. The van der Waals surface area contributed by atoms with E-state index in [4.69, 9.17) is 4.74 Å². The molecule has 1 fully saturated rings. The van der Waals surface area contributed by atoms with Gasteiger partial charge < -0.3 is 14.7 Å². The highest BCUT2D eigenvalue weighted by Crippen LogP contribution is 2.39. The molecule has 0 aromatic rings. The maximum Gasteiger partial charge on any atom is 0.222 e. The summed E-state index contributed by atoms with van der Waals surface area (Å²) in [5.41, 5.74) is 0. The molecule has 0 radical (unpaired) electrons. The Kier molecular flexibility index (Phi) is 12.0. The quantitative estimate of drug-likeness (QED) is 0.338. The normalized spacial score (nSPS) is 20.3. The van der Waals surface area contributed by atoms with Gasteiger partial charge in [0.25, 0.3) is 0 Å². The van der Waals surface area contributed by atoms with Crippen molar-refractivity contribution >= 4 is 33.3 Å². The standard InChI is InChI=1S/C20H37NO4S2/c1-5-12-26-27-20(2,3)11-10-17(23)8-6-7-9-19(24)21-14-18(25-4)13-16(21)15-22/h16,18,22H,5-15H2,1-4H3/t16-,18+/m1/s1. The maximum atomic E-state index is 12.4. The van der Waals surface area contributed by atoms with Gasteiger partial charge >= 0.3 is 0 Å². The van der Waals surface area contributed by atoms with Gasteiger partial charge in [-0.15, -0.1) is 0 Å². The topological polar surface area (TPSA) is 66.8 Å². The van der Waals surface area contributed by atoms with Gasteiger partial charge in [0, 0.05) is 43.4 Å². The van der Waals surface area contributed by atoms with Crippen LogP contribution in [0.3, 0.4) is 0 Å². The van der Waals surface area contributed by atoms with E-state index in [1.807, 2.05) is 21.6 Å². The highest BCUT2D eigenvalue weighted by atomic mass is 33.1. The van der Waals surface area contributed by atoms with Crippen molar-refractivity contribution in [3.63, 3.8) is 0 Å². The molecule has 1 aliphatic heterocycles. The molecule has 0 unspecified atom stereocenters. The fourth-order valence-corrected chi connectivity index (χ4v) is 5.87. The van der Waals surface area contributed by atoms with Crippen LogP contribution >= 0.6 is 21.6 Å². The lowest BCUT2D eigenvalue weighted by Crippen LogP contribution is -2.37. The molecule has 7 heteroatoms. The summed E-state index contributed by atoms with van der Waals surface area (Å²) in [6, 6.07) is -0.130. The first-order chi connectivity index (χ1) is 12.8. The van der Waals surface area contributed by atoms with Gasteiger partial charge in [-0.05, 0) is 46.0 Å². The van der Waals surface area contributed by atoms with Crippen molar-refractivity contribution in [3.05, 3.63) is 0 Å². The summed E-state index contributed by atoms with van der Waals surface area (Å²) in [4.78, 5) is 26.3. The number of aliphatic hydroxyl groups excluding tert-OH is 1. The highest BCUT2D eigenvalue weighted by molar-refractivity contribution is 8.77. The number of aliphatic hydroxyl groups is 1. The van der Waals surface area contributed by atoms with Crippen LogP contribution in [0.5, 0.6) is 0 Å². The van der Waals surface area contributed by atoms with E-state index in [1.165, 1.54) is 6.42 Å². The lowest BCUT2D eigenvalue weighted by Gasteiger charge is -2.23. The first-order valence-corrected chi connectivity index (χ1v) is 12.4. The summed E-state index contributed by atoms with van der Waals surface area (Å²) in [5, 5.41) is 9.44. The zero-order valence-corrected chi connectivity index (χ0v) is 19.0. The number of likely N-dealkylation sites (tertiary alicyclic amines) is 1. The van der Waals surface area contributed by atoms with E-state index >= 15 is 0 Å². The van der Waals surface area contributed by atoms with Crippen LogP contribution in [0.25, 0.3) is 0 Å². The van der Waals surface area contributed by atoms with Crippen LogP contribution in [-0.4, -0.2) is 64.6 Å². The van der Waals surface area contributed by atoms with Crippen molar-refractivity contribution in [2.24, 2.45) is 0 Å². The van der Waals surface area contributed by atoms with E-state index in [0.717, 1.165) is 25.0 Å². The van der Waals surface area contributed by atoms with Crippen molar-refractivity contribution in [2.75, 3.05) is 26.0 Å². The Balaban J connectivity index is 2.19. The average Bonchev–Trinajstić information content (AvgIpc) is 3.07. The molecular weight excluding hydrogens is 382 g/mol. The van der Waals surface area contributed by atoms with E-state index in [9.17, 15) is 14.7 Å². The number of Topliss-reactive ketones (excluding diaryl/α,β-unsaturated/α-hetero) is 1. The second kappa shape index (κ2) is 13.1. The van der Waals surface area contributed by atoms with Crippen LogP contribution in [0, 0.1) is 0 Å². The molecule has 1 amide bonds. The van der Waals surface area contributed by atoms with Gasteiger partial charge in [-0.25, -0.2) is 0 Å². The van der Waals surface area contributed by atoms with Crippen molar-refractivity contribution in [1.29, 1.82) is 0 Å². The fraction of sp³-hybridized carbons (Fsp3) is 0.900. The van der Waals surface area contributed by atoms with Crippen molar-refractivity contribution < 1.29 is 19.4 Å². The summed E-state index contributed by atoms with van der Waals surface area (Å²) < 4.78 is 5.44. The van der Waals surface area contributed by atoms with Gasteiger partial charge in [0.15, 0.2) is 0 Å². The van der Waals surface area contributed by atoms with E-state index in [0.29, 0.717) is 38.0 Å². The van der Waals surface area contributed by atoms with Crippen LogP contribution in [-0.2, 0) is 14.3 Å². The van der Waals surface area contributed by atoms with E-state index < -0.39 is 0 Å². The van der Waals surface area contributed by atoms with Gasteiger partial charge in [0.2, 0.25) is 5.91 Å². The number of amides is 1. The van der Waals surface area contributed by atoms with Crippen LogP contribution < -0.4 is 0 Å². The van der Waals surface area contributed by atoms with E-state index in [-0.39, 0.29) is 29.4 Å². The minimum Gasteiger partial charge on any atom is -0.394 e. The minimum atomic E-state index is -0.130. The third kappa shape index (κ3) is 9.68. The molecule has 1 heterocycles. The summed E-state index contributed by atoms with van der Waals surface area (Å²) >= 11 is 0. The number of carbonyl (C=O) groups is 2. The lowest BCUT2D eigenvalue weighted by molar-refractivity contribution is -0.133. The minimum absolute atomic E-state index is 0.0180. The van der Waals surface area contributed by atoms with Gasteiger partial charge in [-0.2, -0.15) is 0 Å². The third-order valence-corrected chi connectivity index (χ3v) is 8.47. The maximum absolute atomic E-state index is 12.4. The number of nitrogens with zero attached hydrogens (tertiary/aromatic N) is 1. The van der Waals surface area contributed by atoms with Gasteiger partial charge in [0.1, 0.15) is 5.78 Å². The Morgan fingerprint density at radius 2 is 1.93 bits per heavy atom. The molecule has 0 saturated carbocycles. The molecule has 5 nitrogen and oxygen atoms in total. The predicted octanol–water partition coefficient (Wildman–Crippen LogP) is 4.07. The Labute approximate surface area is 172 Å². The first kappa shape index (κ1) is 24.8. The third-order valence-electron chi connectivity index (χ3n) is 4.91. The number of hydrogen-bond donors (Lipinski definition) is 1. The molecule has 1 N–H and O–H groups in total. The molecule has 158 valence electrons. The summed E-state index contributed by atoms with van der Waals surface area (Å²) in [6.45, 7) is 7.12. The molecule has 0 bridgehead atoms. The molecule has 0 aliphatic carbocycles. The Bertz CT molecular complexity index is 459. The molecule has 0 spiro atoms. The van der Waals surface area contributed by atoms with Crippen molar-refractivity contribution in [2.45, 2.75) is 89.0 Å². The SMILES string of the molecule is CCCSSC(C)(C)CCC(=O)CCCCC(=O)N1C[C@@H](OC)C[C@@H]1CO. The zero-order valence-electron chi connectivity index (χ0n) is 17.4. The van der Waals surface area contributed by atoms with Gasteiger partial charge in [-0.3, -0.25) is 9.59 Å². The lowest BCUT2D eigenvalue weighted by atomic mass is 10.0. The first-order valence-electron chi connectivity index (χ1n) is 10.1. The van der Waals surface area contributed by atoms with Crippen LogP contribution in [0.1, 0.15) is 72.1 Å². The van der Waals surface area contributed by atoms with Gasteiger partial charge in [0.05, 0.1) is 18.8 Å². The van der Waals surface area contributed by atoms with Gasteiger partial charge in [-0.1, -0.05) is 28.5 Å². The molecule has 1 rings (SSSR count). The Morgan fingerprint density at radius 1 is 1.22 bits per heavy atom. The number of hydrogen-bond acceptors (Lipinski definition) is 6. The molecule has 1 aliphatic rings. The Hall–Kier alpha value is -0.240. The zero-order chi connectivity index (χ0) is 20.3. The van der Waals surface area contributed by atoms with Crippen LogP contribution in [0.2, 0.25) is 0 Å². The monoisotopic (exact) mass is 419 g/mol. The highest BCUT2D eigenvalue weighted by Gasteiger charge is 2.34. The number of rotatable bonds is 14. The second-order valence-corrected chi connectivity index (χ2v) is 11.0. The average molecular weight is 420 g/mol. The van der Waals surface area contributed by atoms with Crippen molar-refractivity contribution in [1.82, 2.24) is 4.90 Å². The Morgan fingerprint density at radius 3 is 2.56 bits per heavy atom. The summed E-state index contributed by atoms with van der Waals surface area (Å²) in [7, 11) is 5.41. The molecule has 0 aromatic heterocycles. The fourth-order valence-electron chi connectivity index (χ4n) is 3.16. The summed E-state index contributed by atoms with van der Waals surface area (Å²) in [5.74, 6) is 1.51. The van der Waals surface area contributed by atoms with Crippen molar-refractivity contribution in [3.8, 4) is 0 Å². The summed E-state index contributed by atoms with van der Waals surface area (Å²) in [6.07, 6.45) is 5.88. The molecule has 27 heavy (non-hydrogen) atoms. The number of unbranched alkanes of at least 4 members (excludes halogenated alkanes) is 1. The van der Waals surface area contributed by atoms with E-state index in [2.05, 4.69) is 20.8 Å².